The zero-order valence-corrected chi connectivity index (χ0v) is 18.9. The van der Waals surface area contributed by atoms with Crippen LogP contribution in [0.1, 0.15) is 21.5 Å². The van der Waals surface area contributed by atoms with Crippen molar-refractivity contribution in [3.05, 3.63) is 89.2 Å². The van der Waals surface area contributed by atoms with Gasteiger partial charge in [0, 0.05) is 23.8 Å². The minimum absolute atomic E-state index is 0.105. The second-order valence-corrected chi connectivity index (χ2v) is 7.21. The van der Waals surface area contributed by atoms with Crippen LogP contribution in [0.3, 0.4) is 0 Å². The molecule has 3 aromatic carbocycles. The highest BCUT2D eigenvalue weighted by molar-refractivity contribution is 6.14. The highest BCUT2D eigenvalue weighted by Crippen LogP contribution is 2.39. The molecule has 0 bridgehead atoms. The summed E-state index contributed by atoms with van der Waals surface area (Å²) in [5.74, 6) is 1.29. The number of hydrogen-bond acceptors (Lipinski definition) is 7. The van der Waals surface area contributed by atoms with Crippen molar-refractivity contribution in [2.75, 3.05) is 21.3 Å². The number of Topliss-reactive ketones (excluding diaryl/α,β-unsaturated/α-hetero) is 1. The van der Waals surface area contributed by atoms with Crippen molar-refractivity contribution in [1.29, 1.82) is 0 Å². The standard InChI is InChI=1S/C27H22O7/c1-30-21-16-24(32-3)23(31-2)13-18(21)14-25-27(29)20-11-10-19(15-22(20)34-25)33-26(28)12-9-17-7-5-4-6-8-17/h4-16H,1-3H3/b12-9+,25-14-. The van der Waals surface area contributed by atoms with Crippen LogP contribution in [0.4, 0.5) is 0 Å². The van der Waals surface area contributed by atoms with Crippen LogP contribution < -0.4 is 23.7 Å². The van der Waals surface area contributed by atoms with Gasteiger partial charge in [-0.1, -0.05) is 30.3 Å². The third kappa shape index (κ3) is 4.78. The first-order valence-electron chi connectivity index (χ1n) is 10.4. The summed E-state index contributed by atoms with van der Waals surface area (Å²) in [6, 6.07) is 17.4. The molecule has 0 fully saturated rings. The van der Waals surface area contributed by atoms with Crippen LogP contribution >= 0.6 is 0 Å². The van der Waals surface area contributed by atoms with Gasteiger partial charge in [0.15, 0.2) is 17.3 Å². The largest absolute Gasteiger partial charge is 0.496 e. The van der Waals surface area contributed by atoms with E-state index in [-0.39, 0.29) is 17.3 Å². The molecule has 3 aromatic rings. The molecule has 0 unspecified atom stereocenters. The molecule has 1 aliphatic heterocycles. The number of benzene rings is 3. The number of hydrogen-bond donors (Lipinski definition) is 0. The van der Waals surface area contributed by atoms with E-state index in [1.165, 1.54) is 33.5 Å². The molecule has 0 amide bonds. The van der Waals surface area contributed by atoms with Gasteiger partial charge in [-0.3, -0.25) is 4.79 Å². The Morgan fingerprint density at radius 1 is 0.853 bits per heavy atom. The first-order chi connectivity index (χ1) is 16.5. The smallest absolute Gasteiger partial charge is 0.336 e. The molecule has 1 heterocycles. The van der Waals surface area contributed by atoms with Gasteiger partial charge in [-0.2, -0.15) is 0 Å². The second kappa shape index (κ2) is 9.95. The number of fused-ring (bicyclic) bond motifs is 1. The fraction of sp³-hybridized carbons (Fsp3) is 0.111. The molecule has 0 saturated carbocycles. The van der Waals surface area contributed by atoms with E-state index in [0.29, 0.717) is 34.1 Å². The van der Waals surface area contributed by atoms with Crippen molar-refractivity contribution in [2.24, 2.45) is 0 Å². The van der Waals surface area contributed by atoms with Crippen LogP contribution in [0.25, 0.3) is 12.2 Å². The van der Waals surface area contributed by atoms with Gasteiger partial charge in [-0.05, 0) is 35.9 Å². The molecule has 172 valence electrons. The average molecular weight is 458 g/mol. The second-order valence-electron chi connectivity index (χ2n) is 7.21. The van der Waals surface area contributed by atoms with E-state index in [2.05, 4.69) is 0 Å². The Balaban J connectivity index is 1.54. The normalized spacial score (nSPS) is 13.5. The summed E-state index contributed by atoms with van der Waals surface area (Å²) in [4.78, 5) is 25.0. The molecule has 1 aliphatic rings. The Kier molecular flexibility index (Phi) is 6.64. The molecule has 0 aliphatic carbocycles. The lowest BCUT2D eigenvalue weighted by Crippen LogP contribution is -2.03. The highest BCUT2D eigenvalue weighted by Gasteiger charge is 2.28. The Morgan fingerprint density at radius 2 is 1.56 bits per heavy atom. The number of esters is 1. The van der Waals surface area contributed by atoms with Gasteiger partial charge in [-0.25, -0.2) is 4.79 Å². The van der Waals surface area contributed by atoms with Gasteiger partial charge < -0.3 is 23.7 Å². The predicted molar refractivity (Wildman–Crippen MR) is 127 cm³/mol. The van der Waals surface area contributed by atoms with E-state index in [4.69, 9.17) is 23.7 Å². The minimum atomic E-state index is -0.543. The first-order valence-corrected chi connectivity index (χ1v) is 10.4. The number of rotatable bonds is 7. The molecule has 7 heteroatoms. The number of carbonyl (C=O) groups excluding carboxylic acids is 2. The summed E-state index contributed by atoms with van der Waals surface area (Å²) in [6.45, 7) is 0. The van der Waals surface area contributed by atoms with E-state index in [0.717, 1.165) is 5.56 Å². The van der Waals surface area contributed by atoms with Gasteiger partial charge in [0.05, 0.1) is 26.9 Å². The molecule has 0 spiro atoms. The number of ketones is 1. The number of allylic oxidation sites excluding steroid dienone is 1. The Morgan fingerprint density at radius 3 is 2.26 bits per heavy atom. The van der Waals surface area contributed by atoms with E-state index >= 15 is 0 Å². The molecule has 4 rings (SSSR count). The summed E-state index contributed by atoms with van der Waals surface area (Å²) in [5.41, 5.74) is 1.82. The third-order valence-corrected chi connectivity index (χ3v) is 5.09. The van der Waals surface area contributed by atoms with E-state index in [1.807, 2.05) is 30.3 Å². The lowest BCUT2D eigenvalue weighted by Gasteiger charge is -2.12. The van der Waals surface area contributed by atoms with E-state index in [1.54, 1.807) is 36.4 Å². The molecular weight excluding hydrogens is 436 g/mol. The maximum absolute atomic E-state index is 12.9. The Labute approximate surface area is 196 Å². The SMILES string of the molecule is COc1cc(OC)c(OC)cc1/C=C1\Oc2cc(OC(=O)/C=C/c3ccccc3)ccc2C1=O. The van der Waals surface area contributed by atoms with Crippen LogP contribution in [0.15, 0.2) is 72.5 Å². The third-order valence-electron chi connectivity index (χ3n) is 5.09. The van der Waals surface area contributed by atoms with Gasteiger partial charge in [0.25, 0.3) is 0 Å². The van der Waals surface area contributed by atoms with E-state index < -0.39 is 5.97 Å². The predicted octanol–water partition coefficient (Wildman–Crippen LogP) is 4.95. The summed E-state index contributed by atoms with van der Waals surface area (Å²) >= 11 is 0. The molecule has 0 aromatic heterocycles. The fourth-order valence-corrected chi connectivity index (χ4v) is 3.42. The highest BCUT2D eigenvalue weighted by atomic mass is 16.5. The van der Waals surface area contributed by atoms with Crippen molar-refractivity contribution in [3.8, 4) is 28.7 Å². The van der Waals surface area contributed by atoms with Gasteiger partial charge in [0.1, 0.15) is 17.2 Å². The van der Waals surface area contributed by atoms with E-state index in [9.17, 15) is 9.59 Å². The molecule has 0 saturated heterocycles. The molecule has 0 N–H and O–H groups in total. The van der Waals surface area contributed by atoms with Crippen molar-refractivity contribution < 1.29 is 33.3 Å². The zero-order valence-electron chi connectivity index (χ0n) is 18.9. The monoisotopic (exact) mass is 458 g/mol. The fourth-order valence-electron chi connectivity index (χ4n) is 3.42. The summed E-state index contributed by atoms with van der Waals surface area (Å²) in [7, 11) is 4.56. The van der Waals surface area contributed by atoms with Crippen molar-refractivity contribution >= 4 is 23.9 Å². The zero-order chi connectivity index (χ0) is 24.1. The van der Waals surface area contributed by atoms with Gasteiger partial charge in [0.2, 0.25) is 5.78 Å². The summed E-state index contributed by atoms with van der Waals surface area (Å²) in [6.07, 6.45) is 4.56. The van der Waals surface area contributed by atoms with Crippen molar-refractivity contribution in [2.45, 2.75) is 0 Å². The topological polar surface area (TPSA) is 80.3 Å². The lowest BCUT2D eigenvalue weighted by molar-refractivity contribution is -0.128. The van der Waals surface area contributed by atoms with Crippen LogP contribution in [0, 0.1) is 0 Å². The van der Waals surface area contributed by atoms with Gasteiger partial charge >= 0.3 is 5.97 Å². The first kappa shape index (κ1) is 22.7. The Hall–Kier alpha value is -4.52. The Bertz CT molecular complexity index is 1290. The lowest BCUT2D eigenvalue weighted by atomic mass is 10.1. The van der Waals surface area contributed by atoms with Crippen molar-refractivity contribution in [1.82, 2.24) is 0 Å². The minimum Gasteiger partial charge on any atom is -0.496 e. The van der Waals surface area contributed by atoms with Crippen LogP contribution in [0.2, 0.25) is 0 Å². The van der Waals surface area contributed by atoms with Crippen LogP contribution in [-0.2, 0) is 4.79 Å². The molecule has 7 nitrogen and oxygen atoms in total. The molecular formula is C27H22O7. The van der Waals surface area contributed by atoms with Crippen molar-refractivity contribution in [3.63, 3.8) is 0 Å². The maximum atomic E-state index is 12.9. The quantitative estimate of drug-likeness (QED) is 0.282. The summed E-state index contributed by atoms with van der Waals surface area (Å²) in [5, 5.41) is 0. The molecule has 0 radical (unpaired) electrons. The average Bonchev–Trinajstić information content (AvgIpc) is 3.17. The maximum Gasteiger partial charge on any atom is 0.336 e. The number of ether oxygens (including phenoxy) is 5. The van der Waals surface area contributed by atoms with Crippen LogP contribution in [-0.4, -0.2) is 33.1 Å². The molecule has 0 atom stereocenters. The summed E-state index contributed by atoms with van der Waals surface area (Å²) < 4.78 is 27.2. The van der Waals surface area contributed by atoms with Crippen LogP contribution in [0.5, 0.6) is 28.7 Å². The number of methoxy groups -OCH3 is 3. The van der Waals surface area contributed by atoms with Gasteiger partial charge in [-0.15, -0.1) is 0 Å². The number of carbonyl (C=O) groups is 2. The molecule has 34 heavy (non-hydrogen) atoms.